The molecular weight excluding hydrogens is 186 g/mol. The lowest BCUT2D eigenvalue weighted by Gasteiger charge is -2.11. The zero-order valence-corrected chi connectivity index (χ0v) is 9.29. The van der Waals surface area contributed by atoms with Gasteiger partial charge in [-0.15, -0.1) is 0 Å². The summed E-state index contributed by atoms with van der Waals surface area (Å²) in [5.74, 6) is 1.42. The van der Waals surface area contributed by atoms with E-state index in [1.807, 2.05) is 25.1 Å². The minimum atomic E-state index is 0.411. The van der Waals surface area contributed by atoms with E-state index in [0.29, 0.717) is 12.5 Å². The molecule has 1 heterocycles. The number of benzene rings is 1. The molecule has 0 spiro atoms. The smallest absolute Gasteiger partial charge is 0.134 e. The fraction of sp³-hybridized carbons (Fsp3) is 0.385. The molecule has 0 amide bonds. The molecule has 80 valence electrons. The SMILES string of the molecule is CCC(CN)c1c(C)oc2ccccc12. The largest absolute Gasteiger partial charge is 0.461 e. The molecule has 0 fully saturated rings. The van der Waals surface area contributed by atoms with Gasteiger partial charge in [0, 0.05) is 10.9 Å². The average molecular weight is 203 g/mol. The fourth-order valence-corrected chi connectivity index (χ4v) is 2.18. The van der Waals surface area contributed by atoms with E-state index in [0.717, 1.165) is 17.8 Å². The van der Waals surface area contributed by atoms with Crippen LogP contribution in [0.1, 0.15) is 30.6 Å². The van der Waals surface area contributed by atoms with Crippen molar-refractivity contribution < 1.29 is 4.42 Å². The molecule has 0 aliphatic rings. The Hall–Kier alpha value is -1.28. The van der Waals surface area contributed by atoms with Crippen molar-refractivity contribution in [3.05, 3.63) is 35.6 Å². The van der Waals surface area contributed by atoms with Crippen LogP contribution in [0, 0.1) is 6.92 Å². The van der Waals surface area contributed by atoms with E-state index >= 15 is 0 Å². The van der Waals surface area contributed by atoms with Crippen LogP contribution in [0.3, 0.4) is 0 Å². The topological polar surface area (TPSA) is 39.2 Å². The summed E-state index contributed by atoms with van der Waals surface area (Å²) in [4.78, 5) is 0. The summed E-state index contributed by atoms with van der Waals surface area (Å²) < 4.78 is 5.73. The quantitative estimate of drug-likeness (QED) is 0.832. The Morgan fingerprint density at radius 3 is 2.73 bits per heavy atom. The highest BCUT2D eigenvalue weighted by molar-refractivity contribution is 5.82. The van der Waals surface area contributed by atoms with Crippen LogP contribution < -0.4 is 5.73 Å². The average Bonchev–Trinajstić information content (AvgIpc) is 2.58. The second kappa shape index (κ2) is 4.07. The molecule has 2 heteroatoms. The Kier molecular flexibility index (Phi) is 2.78. The van der Waals surface area contributed by atoms with E-state index in [4.69, 9.17) is 10.2 Å². The van der Waals surface area contributed by atoms with Gasteiger partial charge < -0.3 is 10.2 Å². The van der Waals surface area contributed by atoms with Crippen LogP contribution in [0.2, 0.25) is 0 Å². The minimum Gasteiger partial charge on any atom is -0.461 e. The Morgan fingerprint density at radius 1 is 1.33 bits per heavy atom. The van der Waals surface area contributed by atoms with Crippen LogP contribution in [-0.2, 0) is 0 Å². The van der Waals surface area contributed by atoms with E-state index in [2.05, 4.69) is 13.0 Å². The first kappa shape index (κ1) is 10.2. The number of fused-ring (bicyclic) bond motifs is 1. The number of hydrogen-bond donors (Lipinski definition) is 1. The van der Waals surface area contributed by atoms with Gasteiger partial charge in [0.15, 0.2) is 0 Å². The highest BCUT2D eigenvalue weighted by Crippen LogP contribution is 2.32. The van der Waals surface area contributed by atoms with Crippen molar-refractivity contribution in [2.45, 2.75) is 26.2 Å². The standard InChI is InChI=1S/C13H17NO/c1-3-10(8-14)13-9(2)15-12-7-5-4-6-11(12)13/h4-7,10H,3,8,14H2,1-2H3. The van der Waals surface area contributed by atoms with Crippen LogP contribution in [0.4, 0.5) is 0 Å². The minimum absolute atomic E-state index is 0.411. The molecule has 1 aromatic heterocycles. The van der Waals surface area contributed by atoms with Crippen LogP contribution in [0.5, 0.6) is 0 Å². The van der Waals surface area contributed by atoms with Gasteiger partial charge in [-0.1, -0.05) is 25.1 Å². The van der Waals surface area contributed by atoms with Crippen molar-refractivity contribution in [1.29, 1.82) is 0 Å². The van der Waals surface area contributed by atoms with Crippen LogP contribution in [0.15, 0.2) is 28.7 Å². The molecule has 0 aliphatic carbocycles. The van der Waals surface area contributed by atoms with Gasteiger partial charge in [-0.3, -0.25) is 0 Å². The highest BCUT2D eigenvalue weighted by atomic mass is 16.3. The first-order valence-corrected chi connectivity index (χ1v) is 5.46. The summed E-state index contributed by atoms with van der Waals surface area (Å²) in [6, 6.07) is 8.16. The molecule has 0 saturated carbocycles. The first-order chi connectivity index (χ1) is 7.27. The van der Waals surface area contributed by atoms with Gasteiger partial charge in [0.25, 0.3) is 0 Å². The number of aryl methyl sites for hydroxylation is 1. The lowest BCUT2D eigenvalue weighted by atomic mass is 9.94. The summed E-state index contributed by atoms with van der Waals surface area (Å²) in [5, 5.41) is 1.22. The molecule has 15 heavy (non-hydrogen) atoms. The number of hydrogen-bond acceptors (Lipinski definition) is 2. The third-order valence-electron chi connectivity index (χ3n) is 3.01. The van der Waals surface area contributed by atoms with Crippen molar-refractivity contribution in [3.8, 4) is 0 Å². The second-order valence-corrected chi connectivity index (χ2v) is 3.91. The lowest BCUT2D eigenvalue weighted by Crippen LogP contribution is -2.11. The van der Waals surface area contributed by atoms with Gasteiger partial charge in [0.2, 0.25) is 0 Å². The summed E-state index contributed by atoms with van der Waals surface area (Å²) in [7, 11) is 0. The molecule has 1 atom stereocenters. The van der Waals surface area contributed by atoms with Crippen LogP contribution in [0.25, 0.3) is 11.0 Å². The predicted molar refractivity (Wildman–Crippen MR) is 63.0 cm³/mol. The van der Waals surface area contributed by atoms with E-state index in [9.17, 15) is 0 Å². The molecule has 2 aromatic rings. The molecule has 1 unspecified atom stereocenters. The van der Waals surface area contributed by atoms with Gasteiger partial charge in [0.1, 0.15) is 11.3 Å². The first-order valence-electron chi connectivity index (χ1n) is 5.46. The number of furan rings is 1. The van der Waals surface area contributed by atoms with Gasteiger partial charge in [-0.2, -0.15) is 0 Å². The van der Waals surface area contributed by atoms with Gasteiger partial charge >= 0.3 is 0 Å². The van der Waals surface area contributed by atoms with Crippen molar-refractivity contribution in [3.63, 3.8) is 0 Å². The number of para-hydroxylation sites is 1. The molecule has 0 bridgehead atoms. The Labute approximate surface area is 90.1 Å². The van der Waals surface area contributed by atoms with E-state index in [1.165, 1.54) is 10.9 Å². The molecule has 2 N–H and O–H groups in total. The Balaban J connectivity index is 2.62. The summed E-state index contributed by atoms with van der Waals surface area (Å²) in [6.45, 7) is 4.87. The third-order valence-corrected chi connectivity index (χ3v) is 3.01. The zero-order chi connectivity index (χ0) is 10.8. The monoisotopic (exact) mass is 203 g/mol. The van der Waals surface area contributed by atoms with E-state index in [1.54, 1.807) is 0 Å². The molecule has 0 saturated heterocycles. The van der Waals surface area contributed by atoms with Gasteiger partial charge in [-0.25, -0.2) is 0 Å². The summed E-state index contributed by atoms with van der Waals surface area (Å²) >= 11 is 0. The second-order valence-electron chi connectivity index (χ2n) is 3.91. The number of nitrogens with two attached hydrogens (primary N) is 1. The van der Waals surface area contributed by atoms with E-state index in [-0.39, 0.29) is 0 Å². The molecule has 0 radical (unpaired) electrons. The van der Waals surface area contributed by atoms with E-state index < -0.39 is 0 Å². The predicted octanol–water partition coefficient (Wildman–Crippen LogP) is 3.19. The molecular formula is C13H17NO. The van der Waals surface area contributed by atoms with Gasteiger partial charge in [-0.05, 0) is 31.9 Å². The van der Waals surface area contributed by atoms with Crippen molar-refractivity contribution in [1.82, 2.24) is 0 Å². The number of rotatable bonds is 3. The zero-order valence-electron chi connectivity index (χ0n) is 9.29. The van der Waals surface area contributed by atoms with Crippen LogP contribution >= 0.6 is 0 Å². The normalized spacial score (nSPS) is 13.3. The van der Waals surface area contributed by atoms with Crippen molar-refractivity contribution in [2.75, 3.05) is 6.54 Å². The molecule has 0 aliphatic heterocycles. The maximum Gasteiger partial charge on any atom is 0.134 e. The van der Waals surface area contributed by atoms with Crippen LogP contribution in [-0.4, -0.2) is 6.54 Å². The highest BCUT2D eigenvalue weighted by Gasteiger charge is 2.17. The third kappa shape index (κ3) is 1.65. The summed E-state index contributed by atoms with van der Waals surface area (Å²) in [5.41, 5.74) is 8.05. The molecule has 1 aromatic carbocycles. The fourth-order valence-electron chi connectivity index (χ4n) is 2.18. The lowest BCUT2D eigenvalue weighted by molar-refractivity contribution is 0.557. The maximum absolute atomic E-state index is 5.79. The Bertz CT molecular complexity index is 455. The van der Waals surface area contributed by atoms with Crippen molar-refractivity contribution in [2.24, 2.45) is 5.73 Å². The maximum atomic E-state index is 5.79. The Morgan fingerprint density at radius 2 is 2.07 bits per heavy atom. The molecule has 2 nitrogen and oxygen atoms in total. The van der Waals surface area contributed by atoms with Gasteiger partial charge in [0.05, 0.1) is 0 Å². The molecule has 2 rings (SSSR count). The van der Waals surface area contributed by atoms with Crippen molar-refractivity contribution >= 4 is 11.0 Å². The summed E-state index contributed by atoms with van der Waals surface area (Å²) in [6.07, 6.45) is 1.06.